The minimum absolute atomic E-state index is 0.0374. The molecule has 3 rings (SSSR count). The Morgan fingerprint density at radius 3 is 2.71 bits per heavy atom. The van der Waals surface area contributed by atoms with E-state index in [0.29, 0.717) is 0 Å². The van der Waals surface area contributed by atoms with Crippen LogP contribution in [0.3, 0.4) is 0 Å². The van der Waals surface area contributed by atoms with Crippen LogP contribution in [0.25, 0.3) is 0 Å². The number of anilines is 2. The van der Waals surface area contributed by atoms with Gasteiger partial charge in [-0.05, 0) is 5.56 Å². The van der Waals surface area contributed by atoms with Crippen molar-refractivity contribution in [1.82, 2.24) is 9.97 Å². The van der Waals surface area contributed by atoms with Gasteiger partial charge in [-0.15, -0.1) is 0 Å². The minimum Gasteiger partial charge on any atom is -0.345 e. The zero-order chi connectivity index (χ0) is 11.8. The lowest BCUT2D eigenvalue weighted by Crippen LogP contribution is -2.27. The van der Waals surface area contributed by atoms with Gasteiger partial charge in [-0.1, -0.05) is 30.3 Å². The van der Waals surface area contributed by atoms with Gasteiger partial charge in [-0.2, -0.15) is 0 Å². The molecule has 5 heteroatoms. The van der Waals surface area contributed by atoms with Crippen molar-refractivity contribution in [3.63, 3.8) is 0 Å². The van der Waals surface area contributed by atoms with E-state index in [-0.39, 0.29) is 6.17 Å². The van der Waals surface area contributed by atoms with Gasteiger partial charge in [0.15, 0.2) is 5.82 Å². The maximum Gasteiger partial charge on any atom is 0.172 e. The number of rotatable bonds is 1. The lowest BCUT2D eigenvalue weighted by atomic mass is 10.2. The van der Waals surface area contributed by atoms with Gasteiger partial charge < -0.3 is 4.90 Å². The van der Waals surface area contributed by atoms with Crippen molar-refractivity contribution in [2.75, 3.05) is 16.4 Å². The predicted octanol–water partition coefficient (Wildman–Crippen LogP) is 2.59. The van der Waals surface area contributed by atoms with Crippen LogP contribution in [0, 0.1) is 0 Å². The van der Waals surface area contributed by atoms with Crippen molar-refractivity contribution in [3.8, 4) is 0 Å². The highest BCUT2D eigenvalue weighted by atomic mass is 35.5. The zero-order valence-electron chi connectivity index (χ0n) is 9.29. The normalized spacial score (nSPS) is 18.4. The molecule has 2 aromatic rings. The van der Waals surface area contributed by atoms with E-state index >= 15 is 0 Å². The highest BCUT2D eigenvalue weighted by Gasteiger charge is 2.35. The molecule has 86 valence electrons. The molecule has 0 saturated heterocycles. The first-order chi connectivity index (χ1) is 8.29. The van der Waals surface area contributed by atoms with Crippen LogP contribution in [0.4, 0.5) is 11.5 Å². The predicted molar refractivity (Wildman–Crippen MR) is 68.0 cm³/mol. The molecule has 1 atom stereocenters. The average molecular weight is 247 g/mol. The molecule has 0 saturated carbocycles. The van der Waals surface area contributed by atoms with Gasteiger partial charge in [0, 0.05) is 18.8 Å². The molecule has 0 spiro atoms. The van der Waals surface area contributed by atoms with Gasteiger partial charge >= 0.3 is 0 Å². The van der Waals surface area contributed by atoms with Crippen LogP contribution in [-0.2, 0) is 0 Å². The van der Waals surface area contributed by atoms with Crippen LogP contribution in [-0.4, -0.2) is 17.0 Å². The van der Waals surface area contributed by atoms with Crippen LogP contribution < -0.4 is 9.32 Å². The highest BCUT2D eigenvalue weighted by Crippen LogP contribution is 2.44. The molecule has 1 aromatic carbocycles. The van der Waals surface area contributed by atoms with Crippen molar-refractivity contribution in [2.45, 2.75) is 6.17 Å². The molecule has 2 heterocycles. The fourth-order valence-electron chi connectivity index (χ4n) is 2.11. The van der Waals surface area contributed by atoms with E-state index in [1.807, 2.05) is 25.2 Å². The molecular formula is C12H11ClN4. The van der Waals surface area contributed by atoms with Crippen LogP contribution in [0.15, 0.2) is 42.9 Å². The third kappa shape index (κ3) is 1.52. The lowest BCUT2D eigenvalue weighted by molar-refractivity contribution is 0.743. The Kier molecular flexibility index (Phi) is 2.37. The second kappa shape index (κ2) is 3.89. The smallest absolute Gasteiger partial charge is 0.172 e. The molecule has 1 aromatic heterocycles. The first-order valence-corrected chi connectivity index (χ1v) is 5.65. The van der Waals surface area contributed by atoms with Crippen LogP contribution in [0.2, 0.25) is 0 Å². The van der Waals surface area contributed by atoms with Crippen LogP contribution >= 0.6 is 11.8 Å². The van der Waals surface area contributed by atoms with Crippen molar-refractivity contribution in [2.24, 2.45) is 0 Å². The molecular weight excluding hydrogens is 236 g/mol. The van der Waals surface area contributed by atoms with Crippen molar-refractivity contribution in [3.05, 3.63) is 48.4 Å². The van der Waals surface area contributed by atoms with Gasteiger partial charge in [0.1, 0.15) is 18.2 Å². The number of aromatic nitrogens is 2. The Bertz CT molecular complexity index is 502. The quantitative estimate of drug-likeness (QED) is 0.724. The molecule has 17 heavy (non-hydrogen) atoms. The number of nitrogens with zero attached hydrogens (tertiary/aromatic N) is 4. The van der Waals surface area contributed by atoms with E-state index < -0.39 is 0 Å². The fourth-order valence-corrected chi connectivity index (χ4v) is 2.48. The zero-order valence-corrected chi connectivity index (χ0v) is 10.0. The van der Waals surface area contributed by atoms with Crippen molar-refractivity contribution in [1.29, 1.82) is 0 Å². The standard InChI is InChI=1S/C12H11ClN4/c1-16-10-7-14-8-15-11(10)17(13)12(16)9-5-3-2-4-6-9/h2-8,12H,1H3. The van der Waals surface area contributed by atoms with Gasteiger partial charge in [-0.3, -0.25) is 0 Å². The monoisotopic (exact) mass is 246 g/mol. The van der Waals surface area contributed by atoms with E-state index in [0.717, 1.165) is 17.1 Å². The molecule has 0 aliphatic carbocycles. The van der Waals surface area contributed by atoms with E-state index in [4.69, 9.17) is 11.8 Å². The van der Waals surface area contributed by atoms with Gasteiger partial charge in [0.25, 0.3) is 0 Å². The molecule has 1 unspecified atom stereocenters. The third-order valence-electron chi connectivity index (χ3n) is 2.93. The molecule has 0 amide bonds. The summed E-state index contributed by atoms with van der Waals surface area (Å²) in [6.07, 6.45) is 3.25. The third-order valence-corrected chi connectivity index (χ3v) is 3.28. The molecule has 1 aliphatic rings. The molecule has 0 bridgehead atoms. The molecule has 0 radical (unpaired) electrons. The summed E-state index contributed by atoms with van der Waals surface area (Å²) in [6.45, 7) is 0. The maximum atomic E-state index is 6.34. The summed E-state index contributed by atoms with van der Waals surface area (Å²) >= 11 is 6.34. The number of hydrogen-bond acceptors (Lipinski definition) is 4. The highest BCUT2D eigenvalue weighted by molar-refractivity contribution is 6.27. The number of hydrogen-bond donors (Lipinski definition) is 0. The Balaban J connectivity index is 2.06. The maximum absolute atomic E-state index is 6.34. The summed E-state index contributed by atoms with van der Waals surface area (Å²) in [5.74, 6) is 0.748. The molecule has 1 aliphatic heterocycles. The van der Waals surface area contributed by atoms with E-state index in [9.17, 15) is 0 Å². The van der Waals surface area contributed by atoms with E-state index in [1.54, 1.807) is 10.6 Å². The number of halogens is 1. The molecule has 0 fully saturated rings. The second-order valence-electron chi connectivity index (χ2n) is 3.94. The molecule has 4 nitrogen and oxygen atoms in total. The fraction of sp³-hybridized carbons (Fsp3) is 0.167. The SMILES string of the molecule is CN1c2cncnc2N(Cl)C1c1ccccc1. The Morgan fingerprint density at radius 2 is 2.00 bits per heavy atom. The summed E-state index contributed by atoms with van der Waals surface area (Å²) in [7, 11) is 1.99. The average Bonchev–Trinajstić information content (AvgIpc) is 2.64. The van der Waals surface area contributed by atoms with Crippen molar-refractivity contribution >= 4 is 23.3 Å². The van der Waals surface area contributed by atoms with E-state index in [1.165, 1.54) is 6.33 Å². The van der Waals surface area contributed by atoms with Crippen LogP contribution in [0.5, 0.6) is 0 Å². The van der Waals surface area contributed by atoms with Crippen LogP contribution in [0.1, 0.15) is 11.7 Å². The number of benzene rings is 1. The van der Waals surface area contributed by atoms with Gasteiger partial charge in [0.05, 0.1) is 6.20 Å². The first kappa shape index (κ1) is 10.4. The summed E-state index contributed by atoms with van der Waals surface area (Å²) in [4.78, 5) is 10.3. The van der Waals surface area contributed by atoms with Gasteiger partial charge in [0.2, 0.25) is 0 Å². The summed E-state index contributed by atoms with van der Waals surface area (Å²) in [5.41, 5.74) is 2.07. The lowest BCUT2D eigenvalue weighted by Gasteiger charge is -2.25. The second-order valence-corrected chi connectivity index (χ2v) is 4.30. The topological polar surface area (TPSA) is 32.3 Å². The molecule has 0 N–H and O–H groups in total. The summed E-state index contributed by atoms with van der Waals surface area (Å²) in [6, 6.07) is 10.1. The van der Waals surface area contributed by atoms with Crippen molar-refractivity contribution < 1.29 is 0 Å². The summed E-state index contributed by atoms with van der Waals surface area (Å²) < 4.78 is 1.65. The van der Waals surface area contributed by atoms with Gasteiger partial charge in [-0.25, -0.2) is 14.4 Å². The largest absolute Gasteiger partial charge is 0.345 e. The Labute approximate surface area is 105 Å². The number of fused-ring (bicyclic) bond motifs is 1. The van der Waals surface area contributed by atoms with E-state index in [2.05, 4.69) is 27.0 Å². The first-order valence-electron chi connectivity index (χ1n) is 5.32. The Morgan fingerprint density at radius 1 is 1.24 bits per heavy atom. The summed E-state index contributed by atoms with van der Waals surface area (Å²) in [5, 5.41) is 0. The Hall–Kier alpha value is -1.81. The minimum atomic E-state index is -0.0374.